The van der Waals surface area contributed by atoms with Gasteiger partial charge < -0.3 is 4.74 Å². The highest BCUT2D eigenvalue weighted by Crippen LogP contribution is 2.46. The largest absolute Gasteiger partial charge is 0.455 e. The summed E-state index contributed by atoms with van der Waals surface area (Å²) in [6.45, 7) is 2.10. The quantitative estimate of drug-likeness (QED) is 0.608. The van der Waals surface area contributed by atoms with Crippen molar-refractivity contribution in [3.8, 4) is 0 Å². The number of Topliss-reactive ketones (excluding diaryl/α,β-unsaturated/α-hetero) is 1. The lowest BCUT2D eigenvalue weighted by Gasteiger charge is -2.27. The Kier molecular flexibility index (Phi) is 3.82. The van der Waals surface area contributed by atoms with Crippen molar-refractivity contribution in [3.05, 3.63) is 47.5 Å². The fraction of sp³-hybridized carbons (Fsp3) is 0.524. The molecule has 0 N–H and O–H groups in total. The Morgan fingerprint density at radius 3 is 2.42 bits per heavy atom. The van der Waals surface area contributed by atoms with Crippen LogP contribution in [0, 0.1) is 11.8 Å². The van der Waals surface area contributed by atoms with Crippen LogP contribution in [0.1, 0.15) is 67.3 Å². The second-order valence-electron chi connectivity index (χ2n) is 7.52. The van der Waals surface area contributed by atoms with E-state index in [0.29, 0.717) is 11.3 Å². The summed E-state index contributed by atoms with van der Waals surface area (Å²) in [5, 5.41) is 0. The van der Waals surface area contributed by atoms with Gasteiger partial charge in [-0.1, -0.05) is 31.2 Å². The van der Waals surface area contributed by atoms with E-state index in [1.165, 1.54) is 0 Å². The van der Waals surface area contributed by atoms with Crippen molar-refractivity contribution in [2.75, 3.05) is 0 Å². The minimum atomic E-state index is -0.252. The molecule has 126 valence electrons. The number of hydrogen-bond donors (Lipinski definition) is 0. The van der Waals surface area contributed by atoms with Crippen LogP contribution in [0.2, 0.25) is 0 Å². The first-order valence-electron chi connectivity index (χ1n) is 9.17. The summed E-state index contributed by atoms with van der Waals surface area (Å²) < 4.78 is 5.86. The molecule has 4 rings (SSSR count). The predicted molar refractivity (Wildman–Crippen MR) is 91.8 cm³/mol. The van der Waals surface area contributed by atoms with Crippen molar-refractivity contribution in [2.45, 2.75) is 57.0 Å². The molecule has 3 atom stereocenters. The minimum Gasteiger partial charge on any atom is -0.455 e. The van der Waals surface area contributed by atoms with E-state index in [1.54, 1.807) is 0 Å². The van der Waals surface area contributed by atoms with Crippen LogP contribution in [0.5, 0.6) is 0 Å². The summed E-state index contributed by atoms with van der Waals surface area (Å²) in [6, 6.07) is 7.71. The summed E-state index contributed by atoms with van der Waals surface area (Å²) >= 11 is 0. The maximum absolute atomic E-state index is 12.5. The standard InChI is InChI=1S/C21H24O3/c1-2-21(11-3-4-12-21)24-20(23)15-7-5-14(6-8-15)18-13-16-9-10-17(18)19(16)22/h5-10,16-18H,2-4,11-13H2,1H3. The molecule has 0 aliphatic heterocycles. The maximum atomic E-state index is 12.5. The Morgan fingerprint density at radius 1 is 1.17 bits per heavy atom. The van der Waals surface area contributed by atoms with Crippen molar-refractivity contribution in [1.29, 1.82) is 0 Å². The van der Waals surface area contributed by atoms with Gasteiger partial charge in [-0.05, 0) is 62.1 Å². The lowest BCUT2D eigenvalue weighted by atomic mass is 9.86. The second kappa shape index (κ2) is 5.87. The van der Waals surface area contributed by atoms with Gasteiger partial charge >= 0.3 is 5.97 Å². The highest BCUT2D eigenvalue weighted by molar-refractivity contribution is 5.93. The van der Waals surface area contributed by atoms with E-state index in [9.17, 15) is 9.59 Å². The zero-order chi connectivity index (χ0) is 16.7. The first-order chi connectivity index (χ1) is 11.6. The molecule has 3 heteroatoms. The third-order valence-electron chi connectivity index (χ3n) is 6.23. The summed E-state index contributed by atoms with van der Waals surface area (Å²) in [7, 11) is 0. The van der Waals surface area contributed by atoms with E-state index in [2.05, 4.69) is 13.0 Å². The molecule has 3 nitrogen and oxygen atoms in total. The van der Waals surface area contributed by atoms with Gasteiger partial charge in [0, 0.05) is 11.8 Å². The topological polar surface area (TPSA) is 43.4 Å². The van der Waals surface area contributed by atoms with Crippen molar-refractivity contribution < 1.29 is 14.3 Å². The first kappa shape index (κ1) is 15.6. The van der Waals surface area contributed by atoms with Crippen molar-refractivity contribution in [1.82, 2.24) is 0 Å². The van der Waals surface area contributed by atoms with Crippen LogP contribution in [0.15, 0.2) is 36.4 Å². The van der Waals surface area contributed by atoms with Gasteiger partial charge in [-0.2, -0.15) is 0 Å². The van der Waals surface area contributed by atoms with Gasteiger partial charge in [0.1, 0.15) is 11.4 Å². The number of carbonyl (C=O) groups is 2. The molecule has 0 heterocycles. The van der Waals surface area contributed by atoms with Gasteiger partial charge in [-0.25, -0.2) is 4.79 Å². The highest BCUT2D eigenvalue weighted by atomic mass is 16.6. The molecule has 2 bridgehead atoms. The molecule has 2 fully saturated rings. The molecule has 2 saturated carbocycles. The van der Waals surface area contributed by atoms with Crippen LogP contribution < -0.4 is 0 Å². The fourth-order valence-corrected chi connectivity index (χ4v) is 4.65. The number of ether oxygens (including phenoxy) is 1. The van der Waals surface area contributed by atoms with Crippen LogP contribution in [0.4, 0.5) is 0 Å². The number of fused-ring (bicyclic) bond motifs is 2. The Labute approximate surface area is 143 Å². The number of ketones is 1. The maximum Gasteiger partial charge on any atom is 0.338 e. The molecule has 0 radical (unpaired) electrons. The van der Waals surface area contributed by atoms with Crippen LogP contribution in [0.25, 0.3) is 0 Å². The van der Waals surface area contributed by atoms with E-state index in [-0.39, 0.29) is 29.3 Å². The van der Waals surface area contributed by atoms with Crippen molar-refractivity contribution in [3.63, 3.8) is 0 Å². The number of allylic oxidation sites excluding steroid dienone is 2. The SMILES string of the molecule is CCC1(OC(=O)c2ccc(C3CC4C=CC3C4=O)cc2)CCCC1. The highest BCUT2D eigenvalue weighted by Gasteiger charge is 2.44. The summed E-state index contributed by atoms with van der Waals surface area (Å²) in [5.74, 6) is 0.560. The van der Waals surface area contributed by atoms with Crippen LogP contribution in [-0.4, -0.2) is 17.4 Å². The first-order valence-corrected chi connectivity index (χ1v) is 9.17. The van der Waals surface area contributed by atoms with Crippen molar-refractivity contribution in [2.24, 2.45) is 11.8 Å². The molecule has 0 amide bonds. The van der Waals surface area contributed by atoms with Gasteiger partial charge in [-0.15, -0.1) is 0 Å². The number of carbonyl (C=O) groups excluding carboxylic acids is 2. The minimum absolute atomic E-state index is 0.0367. The Morgan fingerprint density at radius 2 is 1.88 bits per heavy atom. The summed E-state index contributed by atoms with van der Waals surface area (Å²) in [4.78, 5) is 24.5. The predicted octanol–water partition coefficient (Wildman–Crippen LogP) is 4.42. The van der Waals surface area contributed by atoms with E-state index in [4.69, 9.17) is 4.74 Å². The normalized spacial score (nSPS) is 30.0. The third kappa shape index (κ3) is 2.51. The molecule has 0 spiro atoms. The lowest BCUT2D eigenvalue weighted by molar-refractivity contribution is -0.120. The molecule has 1 aromatic rings. The molecule has 0 saturated heterocycles. The van der Waals surface area contributed by atoms with Gasteiger partial charge in [0.25, 0.3) is 0 Å². The molecule has 24 heavy (non-hydrogen) atoms. The average molecular weight is 324 g/mol. The molecular formula is C21H24O3. The molecule has 3 aliphatic rings. The van der Waals surface area contributed by atoms with Gasteiger partial charge in [0.2, 0.25) is 0 Å². The van der Waals surface area contributed by atoms with E-state index in [0.717, 1.165) is 44.1 Å². The Hall–Kier alpha value is -1.90. The fourth-order valence-electron chi connectivity index (χ4n) is 4.65. The average Bonchev–Trinajstić information content (AvgIpc) is 3.31. The van der Waals surface area contributed by atoms with Gasteiger partial charge in [-0.3, -0.25) is 4.79 Å². The number of hydrogen-bond acceptors (Lipinski definition) is 3. The number of benzene rings is 1. The molecule has 1 aromatic carbocycles. The lowest BCUT2D eigenvalue weighted by Crippen LogP contribution is -2.31. The molecule has 3 aliphatic carbocycles. The van der Waals surface area contributed by atoms with Gasteiger partial charge in [0.15, 0.2) is 0 Å². The number of esters is 1. The van der Waals surface area contributed by atoms with Crippen LogP contribution >= 0.6 is 0 Å². The van der Waals surface area contributed by atoms with Gasteiger partial charge in [0.05, 0.1) is 5.56 Å². The zero-order valence-corrected chi connectivity index (χ0v) is 14.2. The number of rotatable bonds is 4. The molecule has 0 aromatic heterocycles. The van der Waals surface area contributed by atoms with Crippen LogP contribution in [-0.2, 0) is 9.53 Å². The van der Waals surface area contributed by atoms with E-state index in [1.807, 2.05) is 30.3 Å². The Balaban J connectivity index is 1.47. The molecular weight excluding hydrogens is 300 g/mol. The molecule has 3 unspecified atom stereocenters. The third-order valence-corrected chi connectivity index (χ3v) is 6.23. The second-order valence-corrected chi connectivity index (χ2v) is 7.52. The van der Waals surface area contributed by atoms with Crippen molar-refractivity contribution >= 4 is 11.8 Å². The smallest absolute Gasteiger partial charge is 0.338 e. The van der Waals surface area contributed by atoms with E-state index >= 15 is 0 Å². The summed E-state index contributed by atoms with van der Waals surface area (Å²) in [5.41, 5.74) is 1.52. The monoisotopic (exact) mass is 324 g/mol. The van der Waals surface area contributed by atoms with E-state index < -0.39 is 0 Å². The zero-order valence-electron chi connectivity index (χ0n) is 14.2. The Bertz CT molecular complexity index is 680. The summed E-state index contributed by atoms with van der Waals surface area (Å²) in [6.07, 6.45) is 10.1. The van der Waals surface area contributed by atoms with Crippen LogP contribution in [0.3, 0.4) is 0 Å².